The van der Waals surface area contributed by atoms with E-state index in [2.05, 4.69) is 16.7 Å². The van der Waals surface area contributed by atoms with Crippen LogP contribution in [0.25, 0.3) is 11.2 Å². The molecule has 0 amide bonds. The Morgan fingerprint density at radius 1 is 1.19 bits per heavy atom. The van der Waals surface area contributed by atoms with E-state index in [1.807, 2.05) is 12.1 Å². The van der Waals surface area contributed by atoms with Gasteiger partial charge >= 0.3 is 5.69 Å². The van der Waals surface area contributed by atoms with Gasteiger partial charge in [-0.05, 0) is 17.7 Å². The standard InChI is InChI=1S/C18H17ClN6O2/c1-4-9-25-17-20-15-14(16(26)23(3)18(27)22(15)2)24(17)10-13(21-25)11-5-7-12(19)8-6-11/h4-8H,1,9-10H2,2-3H3. The number of imidazole rings is 1. The van der Waals surface area contributed by atoms with Crippen molar-refractivity contribution in [2.75, 3.05) is 11.6 Å². The molecule has 1 aliphatic heterocycles. The van der Waals surface area contributed by atoms with Gasteiger partial charge < -0.3 is 0 Å². The van der Waals surface area contributed by atoms with Gasteiger partial charge in [0.25, 0.3) is 5.56 Å². The zero-order chi connectivity index (χ0) is 19.3. The predicted octanol–water partition coefficient (Wildman–Crippen LogP) is 1.50. The number of halogens is 1. The Morgan fingerprint density at radius 3 is 2.56 bits per heavy atom. The summed E-state index contributed by atoms with van der Waals surface area (Å²) in [5.41, 5.74) is 1.54. The maximum absolute atomic E-state index is 12.8. The van der Waals surface area contributed by atoms with E-state index in [9.17, 15) is 9.59 Å². The van der Waals surface area contributed by atoms with Gasteiger partial charge in [-0.15, -0.1) is 6.58 Å². The number of anilines is 1. The lowest BCUT2D eigenvalue weighted by Gasteiger charge is -2.25. The van der Waals surface area contributed by atoms with Gasteiger partial charge in [-0.2, -0.15) is 10.1 Å². The lowest BCUT2D eigenvalue weighted by molar-refractivity contribution is 0.702. The van der Waals surface area contributed by atoms with Crippen molar-refractivity contribution >= 4 is 34.4 Å². The van der Waals surface area contributed by atoms with Crippen molar-refractivity contribution < 1.29 is 0 Å². The number of hydrazone groups is 1. The first-order chi connectivity index (χ1) is 12.9. The smallest absolute Gasteiger partial charge is 0.297 e. The molecular formula is C18H17ClN6O2. The molecule has 0 spiro atoms. The molecule has 2 aromatic heterocycles. The molecule has 9 heteroatoms. The van der Waals surface area contributed by atoms with Crippen LogP contribution in [-0.4, -0.2) is 30.9 Å². The third-order valence-electron chi connectivity index (χ3n) is 4.59. The summed E-state index contributed by atoms with van der Waals surface area (Å²) in [6, 6.07) is 7.35. The van der Waals surface area contributed by atoms with Crippen molar-refractivity contribution in [3.63, 3.8) is 0 Å². The van der Waals surface area contributed by atoms with E-state index in [0.29, 0.717) is 35.2 Å². The quantitative estimate of drug-likeness (QED) is 0.641. The number of benzene rings is 1. The number of nitrogens with zero attached hydrogens (tertiary/aromatic N) is 6. The van der Waals surface area contributed by atoms with E-state index < -0.39 is 5.69 Å². The maximum Gasteiger partial charge on any atom is 0.332 e. The van der Waals surface area contributed by atoms with Gasteiger partial charge in [0, 0.05) is 19.1 Å². The lowest BCUT2D eigenvalue weighted by atomic mass is 10.1. The molecule has 4 rings (SSSR count). The Hall–Kier alpha value is -3.13. The molecule has 3 aromatic rings. The van der Waals surface area contributed by atoms with Gasteiger partial charge in [-0.1, -0.05) is 29.8 Å². The number of fused-ring (bicyclic) bond motifs is 3. The zero-order valence-corrected chi connectivity index (χ0v) is 15.6. The van der Waals surface area contributed by atoms with Gasteiger partial charge in [-0.25, -0.2) is 9.80 Å². The molecule has 0 N–H and O–H groups in total. The second-order valence-corrected chi connectivity index (χ2v) is 6.74. The van der Waals surface area contributed by atoms with Crippen molar-refractivity contribution in [1.29, 1.82) is 0 Å². The van der Waals surface area contributed by atoms with Crippen molar-refractivity contribution in [2.45, 2.75) is 6.54 Å². The van der Waals surface area contributed by atoms with Gasteiger partial charge in [0.15, 0.2) is 11.2 Å². The largest absolute Gasteiger partial charge is 0.332 e. The fourth-order valence-corrected chi connectivity index (χ4v) is 3.32. The van der Waals surface area contributed by atoms with Crippen LogP contribution in [0.4, 0.5) is 5.95 Å². The minimum absolute atomic E-state index is 0.333. The van der Waals surface area contributed by atoms with Crippen molar-refractivity contribution in [2.24, 2.45) is 19.2 Å². The van der Waals surface area contributed by atoms with E-state index in [1.54, 1.807) is 34.8 Å². The molecule has 1 aliphatic rings. The third kappa shape index (κ3) is 2.60. The van der Waals surface area contributed by atoms with E-state index in [4.69, 9.17) is 11.6 Å². The predicted molar refractivity (Wildman–Crippen MR) is 106 cm³/mol. The normalized spacial score (nSPS) is 13.6. The van der Waals surface area contributed by atoms with Crippen molar-refractivity contribution in [1.82, 2.24) is 18.7 Å². The monoisotopic (exact) mass is 384 g/mol. The third-order valence-corrected chi connectivity index (χ3v) is 4.84. The molecule has 138 valence electrons. The van der Waals surface area contributed by atoms with E-state index >= 15 is 0 Å². The summed E-state index contributed by atoms with van der Waals surface area (Å²) in [5, 5.41) is 6.97. The van der Waals surface area contributed by atoms with Crippen LogP contribution in [0.2, 0.25) is 5.02 Å². The highest BCUT2D eigenvalue weighted by atomic mass is 35.5. The molecule has 1 aromatic carbocycles. The Balaban J connectivity index is 1.98. The molecule has 0 atom stereocenters. The first kappa shape index (κ1) is 17.3. The highest BCUT2D eigenvalue weighted by Gasteiger charge is 2.27. The van der Waals surface area contributed by atoms with Crippen LogP contribution in [0, 0.1) is 0 Å². The summed E-state index contributed by atoms with van der Waals surface area (Å²) in [6.07, 6.45) is 1.70. The van der Waals surface area contributed by atoms with E-state index in [0.717, 1.165) is 15.8 Å². The van der Waals surface area contributed by atoms with Crippen LogP contribution >= 0.6 is 11.6 Å². The molecule has 8 nitrogen and oxygen atoms in total. The summed E-state index contributed by atoms with van der Waals surface area (Å²) in [4.78, 5) is 29.5. The fraction of sp³-hybridized carbons (Fsp3) is 0.222. The Kier molecular flexibility index (Phi) is 4.00. The van der Waals surface area contributed by atoms with Crippen LogP contribution in [0.3, 0.4) is 0 Å². The molecule has 0 unspecified atom stereocenters. The van der Waals surface area contributed by atoms with Crippen molar-refractivity contribution in [3.8, 4) is 0 Å². The van der Waals surface area contributed by atoms with Crippen LogP contribution in [-0.2, 0) is 20.6 Å². The summed E-state index contributed by atoms with van der Waals surface area (Å²) in [7, 11) is 3.06. The summed E-state index contributed by atoms with van der Waals surface area (Å²) in [6.45, 7) is 4.53. The van der Waals surface area contributed by atoms with Crippen molar-refractivity contribution in [3.05, 3.63) is 68.3 Å². The second-order valence-electron chi connectivity index (χ2n) is 6.30. The molecule has 0 saturated heterocycles. The molecule has 0 fully saturated rings. The van der Waals surface area contributed by atoms with Gasteiger partial charge in [0.1, 0.15) is 0 Å². The minimum Gasteiger partial charge on any atom is -0.297 e. The number of rotatable bonds is 3. The fourth-order valence-electron chi connectivity index (χ4n) is 3.19. The molecule has 0 radical (unpaired) electrons. The molecular weight excluding hydrogens is 368 g/mol. The Morgan fingerprint density at radius 2 is 1.89 bits per heavy atom. The first-order valence-electron chi connectivity index (χ1n) is 8.30. The Bertz CT molecular complexity index is 1220. The van der Waals surface area contributed by atoms with E-state index in [1.165, 1.54) is 11.6 Å². The number of aryl methyl sites for hydroxylation is 1. The highest BCUT2D eigenvalue weighted by molar-refractivity contribution is 6.30. The molecule has 0 aliphatic carbocycles. The summed E-state index contributed by atoms with van der Waals surface area (Å²) < 4.78 is 4.25. The van der Waals surface area contributed by atoms with Crippen LogP contribution in [0.5, 0.6) is 0 Å². The topological polar surface area (TPSA) is 77.4 Å². The number of hydrogen-bond acceptors (Lipinski definition) is 5. The second kappa shape index (κ2) is 6.24. The van der Waals surface area contributed by atoms with Crippen LogP contribution in [0.1, 0.15) is 5.56 Å². The summed E-state index contributed by atoms with van der Waals surface area (Å²) >= 11 is 5.99. The average Bonchev–Trinajstić information content (AvgIpc) is 3.05. The van der Waals surface area contributed by atoms with Gasteiger partial charge in [-0.3, -0.25) is 18.5 Å². The number of aromatic nitrogens is 4. The first-order valence-corrected chi connectivity index (χ1v) is 8.68. The lowest BCUT2D eigenvalue weighted by Crippen LogP contribution is -2.38. The average molecular weight is 385 g/mol. The Labute approximate surface area is 159 Å². The number of hydrogen-bond donors (Lipinski definition) is 0. The molecule has 3 heterocycles. The van der Waals surface area contributed by atoms with Crippen LogP contribution in [0.15, 0.2) is 51.6 Å². The minimum atomic E-state index is -0.419. The molecule has 0 bridgehead atoms. The molecule has 0 saturated carbocycles. The van der Waals surface area contributed by atoms with Crippen LogP contribution < -0.4 is 16.3 Å². The zero-order valence-electron chi connectivity index (χ0n) is 14.9. The summed E-state index contributed by atoms with van der Waals surface area (Å²) in [5.74, 6) is 0.501. The van der Waals surface area contributed by atoms with E-state index in [-0.39, 0.29) is 5.56 Å². The van der Waals surface area contributed by atoms with Gasteiger partial charge in [0.05, 0.1) is 18.8 Å². The highest BCUT2D eigenvalue weighted by Crippen LogP contribution is 2.25. The van der Waals surface area contributed by atoms with Gasteiger partial charge in [0.2, 0.25) is 5.95 Å². The maximum atomic E-state index is 12.8. The molecule has 27 heavy (non-hydrogen) atoms. The SMILES string of the molecule is C=CCN1N=C(c2ccc(Cl)cc2)Cn2c1nc1c2c(=O)n(C)c(=O)n1C.